The highest BCUT2D eigenvalue weighted by Gasteiger charge is 2.21. The first-order valence-corrected chi connectivity index (χ1v) is 7.12. The van der Waals surface area contributed by atoms with Crippen molar-refractivity contribution in [2.24, 2.45) is 5.92 Å². The molecule has 1 rings (SSSR count). The molecule has 0 saturated heterocycles. The molecule has 5 heteroatoms. The second kappa shape index (κ2) is 8.59. The van der Waals surface area contributed by atoms with E-state index in [-0.39, 0.29) is 24.2 Å². The van der Waals surface area contributed by atoms with Gasteiger partial charge < -0.3 is 10.1 Å². The summed E-state index contributed by atoms with van der Waals surface area (Å²) >= 11 is 5.54. The summed E-state index contributed by atoms with van der Waals surface area (Å²) in [4.78, 5) is 23.4. The highest BCUT2D eigenvalue weighted by Crippen LogP contribution is 2.07. The fourth-order valence-electron chi connectivity index (χ4n) is 1.74. The largest absolute Gasteiger partial charge is 0.445 e. The van der Waals surface area contributed by atoms with Gasteiger partial charge in [-0.2, -0.15) is 0 Å². The number of Topliss-reactive ketones (excluding diaryl/α,β-unsaturated/α-hetero) is 1. The normalized spacial score (nSPS) is 12.0. The fraction of sp³-hybridized carbons (Fsp3) is 0.467. The zero-order valence-electron chi connectivity index (χ0n) is 11.8. The third kappa shape index (κ3) is 6.06. The lowest BCUT2D eigenvalue weighted by atomic mass is 10.0. The summed E-state index contributed by atoms with van der Waals surface area (Å²) < 4.78 is 5.09. The van der Waals surface area contributed by atoms with Gasteiger partial charge in [0.2, 0.25) is 0 Å². The lowest BCUT2D eigenvalue weighted by molar-refractivity contribution is -0.119. The smallest absolute Gasteiger partial charge is 0.408 e. The van der Waals surface area contributed by atoms with Gasteiger partial charge in [-0.1, -0.05) is 44.2 Å². The van der Waals surface area contributed by atoms with E-state index in [2.05, 4.69) is 5.32 Å². The van der Waals surface area contributed by atoms with Crippen LogP contribution in [0, 0.1) is 5.92 Å². The second-order valence-electron chi connectivity index (χ2n) is 4.99. The molecule has 1 aromatic carbocycles. The third-order valence-corrected chi connectivity index (χ3v) is 3.00. The first-order chi connectivity index (χ1) is 9.52. The number of halogens is 1. The Kier molecular flexibility index (Phi) is 7.09. The van der Waals surface area contributed by atoms with Crippen molar-refractivity contribution in [2.75, 3.05) is 5.88 Å². The number of alkyl halides is 1. The minimum Gasteiger partial charge on any atom is -0.445 e. The lowest BCUT2D eigenvalue weighted by Gasteiger charge is -2.18. The van der Waals surface area contributed by atoms with Gasteiger partial charge in [-0.05, 0) is 17.9 Å². The van der Waals surface area contributed by atoms with Crippen LogP contribution >= 0.6 is 11.6 Å². The van der Waals surface area contributed by atoms with Crippen molar-refractivity contribution in [3.05, 3.63) is 35.9 Å². The molecule has 1 aromatic rings. The molecule has 4 nitrogen and oxygen atoms in total. The van der Waals surface area contributed by atoms with Crippen LogP contribution in [0.25, 0.3) is 0 Å². The van der Waals surface area contributed by atoms with E-state index >= 15 is 0 Å². The van der Waals surface area contributed by atoms with Crippen LogP contribution in [0.15, 0.2) is 30.3 Å². The molecule has 0 spiro atoms. The van der Waals surface area contributed by atoms with Gasteiger partial charge in [-0.25, -0.2) is 4.79 Å². The number of benzene rings is 1. The van der Waals surface area contributed by atoms with E-state index < -0.39 is 12.1 Å². The second-order valence-corrected chi connectivity index (χ2v) is 5.26. The summed E-state index contributed by atoms with van der Waals surface area (Å²) in [5, 5.41) is 2.57. The fourth-order valence-corrected chi connectivity index (χ4v) is 1.93. The predicted molar refractivity (Wildman–Crippen MR) is 78.7 cm³/mol. The molecule has 1 unspecified atom stereocenters. The van der Waals surface area contributed by atoms with Gasteiger partial charge in [0, 0.05) is 0 Å². The number of carbonyl (C=O) groups is 2. The van der Waals surface area contributed by atoms with E-state index in [1.165, 1.54) is 0 Å². The molecule has 20 heavy (non-hydrogen) atoms. The minimum absolute atomic E-state index is 0.115. The number of amides is 1. The maximum Gasteiger partial charge on any atom is 0.408 e. The Hall–Kier alpha value is -1.55. The topological polar surface area (TPSA) is 55.4 Å². The van der Waals surface area contributed by atoms with E-state index in [0.717, 1.165) is 5.56 Å². The van der Waals surface area contributed by atoms with Gasteiger partial charge >= 0.3 is 6.09 Å². The molecule has 110 valence electrons. The average molecular weight is 298 g/mol. The number of hydrogen-bond acceptors (Lipinski definition) is 3. The average Bonchev–Trinajstić information content (AvgIpc) is 2.44. The van der Waals surface area contributed by atoms with E-state index in [4.69, 9.17) is 16.3 Å². The molecule has 0 aromatic heterocycles. The maximum absolute atomic E-state index is 11.7. The molecule has 0 aliphatic carbocycles. The van der Waals surface area contributed by atoms with E-state index in [1.807, 2.05) is 44.2 Å². The Balaban J connectivity index is 2.47. The number of nitrogens with one attached hydrogen (secondary N) is 1. The van der Waals surface area contributed by atoms with Crippen LogP contribution in [0.4, 0.5) is 4.79 Å². The summed E-state index contributed by atoms with van der Waals surface area (Å²) in [7, 11) is 0. The molecule has 0 bridgehead atoms. The Morgan fingerprint density at radius 1 is 1.25 bits per heavy atom. The van der Waals surface area contributed by atoms with Crippen LogP contribution in [0.3, 0.4) is 0 Å². The maximum atomic E-state index is 11.7. The molecule has 1 atom stereocenters. The van der Waals surface area contributed by atoms with Crippen molar-refractivity contribution in [1.82, 2.24) is 5.32 Å². The van der Waals surface area contributed by atoms with Crippen LogP contribution in [0.5, 0.6) is 0 Å². The van der Waals surface area contributed by atoms with Crippen LogP contribution in [-0.2, 0) is 16.1 Å². The van der Waals surface area contributed by atoms with Gasteiger partial charge in [-0.3, -0.25) is 4.79 Å². The zero-order chi connectivity index (χ0) is 15.0. The van der Waals surface area contributed by atoms with Gasteiger partial charge in [0.05, 0.1) is 11.9 Å². The van der Waals surface area contributed by atoms with Crippen molar-refractivity contribution in [3.63, 3.8) is 0 Å². The highest BCUT2D eigenvalue weighted by molar-refractivity contribution is 6.28. The number of alkyl carbamates (subject to hydrolysis) is 1. The molecule has 1 N–H and O–H groups in total. The molecule has 1 amide bonds. The van der Waals surface area contributed by atoms with Gasteiger partial charge in [0.25, 0.3) is 0 Å². The van der Waals surface area contributed by atoms with E-state index in [0.29, 0.717) is 6.42 Å². The predicted octanol–water partition coefficient (Wildman–Crippen LogP) is 3.14. The summed E-state index contributed by atoms with van der Waals surface area (Å²) in [6.45, 7) is 4.13. The van der Waals surface area contributed by atoms with Crippen molar-refractivity contribution in [2.45, 2.75) is 32.9 Å². The number of ketones is 1. The number of carbonyl (C=O) groups excluding carboxylic acids is 2. The Morgan fingerprint density at radius 2 is 1.90 bits per heavy atom. The molecule has 0 aliphatic heterocycles. The Morgan fingerprint density at radius 3 is 2.45 bits per heavy atom. The highest BCUT2D eigenvalue weighted by atomic mass is 35.5. The van der Waals surface area contributed by atoms with Crippen LogP contribution < -0.4 is 5.32 Å². The quantitative estimate of drug-likeness (QED) is 0.787. The lowest BCUT2D eigenvalue weighted by Crippen LogP contribution is -2.42. The van der Waals surface area contributed by atoms with Gasteiger partial charge in [-0.15, -0.1) is 11.6 Å². The SMILES string of the molecule is CC(C)CC(NC(=O)OCc1ccccc1)C(=O)CCl. The van der Waals surface area contributed by atoms with Crippen molar-refractivity contribution < 1.29 is 14.3 Å². The summed E-state index contributed by atoms with van der Waals surface area (Å²) in [6, 6.07) is 8.77. The van der Waals surface area contributed by atoms with Crippen molar-refractivity contribution in [1.29, 1.82) is 0 Å². The van der Waals surface area contributed by atoms with Gasteiger partial charge in [0.1, 0.15) is 6.61 Å². The van der Waals surface area contributed by atoms with Crippen LogP contribution in [0.1, 0.15) is 25.8 Å². The van der Waals surface area contributed by atoms with E-state index in [1.54, 1.807) is 0 Å². The Bertz CT molecular complexity index is 434. The molecule has 0 fully saturated rings. The minimum atomic E-state index is -0.599. The van der Waals surface area contributed by atoms with E-state index in [9.17, 15) is 9.59 Å². The van der Waals surface area contributed by atoms with Crippen molar-refractivity contribution >= 4 is 23.5 Å². The summed E-state index contributed by atoms with van der Waals surface area (Å²) in [5.41, 5.74) is 0.895. The first-order valence-electron chi connectivity index (χ1n) is 6.58. The van der Waals surface area contributed by atoms with Crippen LogP contribution in [0.2, 0.25) is 0 Å². The molecular weight excluding hydrogens is 278 g/mol. The molecular formula is C15H20ClNO3. The molecule has 0 radical (unpaired) electrons. The van der Waals surface area contributed by atoms with Crippen molar-refractivity contribution in [3.8, 4) is 0 Å². The molecule has 0 saturated carbocycles. The monoisotopic (exact) mass is 297 g/mol. The van der Waals surface area contributed by atoms with Crippen LogP contribution in [-0.4, -0.2) is 23.8 Å². The molecule has 0 aliphatic rings. The summed E-state index contributed by atoms with van der Waals surface area (Å²) in [5.74, 6) is -0.0327. The van der Waals surface area contributed by atoms with Gasteiger partial charge in [0.15, 0.2) is 5.78 Å². The third-order valence-electron chi connectivity index (χ3n) is 2.73. The molecule has 0 heterocycles. The number of rotatable bonds is 7. The Labute approximate surface area is 124 Å². The standard InChI is InChI=1S/C15H20ClNO3/c1-11(2)8-13(14(18)9-16)17-15(19)20-10-12-6-4-3-5-7-12/h3-7,11,13H,8-10H2,1-2H3,(H,17,19). The summed E-state index contributed by atoms with van der Waals surface area (Å²) in [6.07, 6.45) is -0.0515. The first kappa shape index (κ1) is 16.5. The zero-order valence-corrected chi connectivity index (χ0v) is 12.5. The number of ether oxygens (including phenoxy) is 1. The number of hydrogen-bond donors (Lipinski definition) is 1.